The van der Waals surface area contributed by atoms with Crippen LogP contribution in [0.3, 0.4) is 0 Å². The van der Waals surface area contributed by atoms with Gasteiger partial charge in [-0.2, -0.15) is 0 Å². The first kappa shape index (κ1) is 18.2. The minimum absolute atomic E-state index is 0.104. The number of fused-ring (bicyclic) bond motifs is 1. The molecule has 0 spiro atoms. The highest BCUT2D eigenvalue weighted by Gasteiger charge is 2.14. The maximum Gasteiger partial charge on any atom is 0.270 e. The molecule has 2 aromatic rings. The molecule has 3 rings (SSSR count). The summed E-state index contributed by atoms with van der Waals surface area (Å²) in [4.78, 5) is 34.3. The summed E-state index contributed by atoms with van der Waals surface area (Å²) in [7, 11) is 0. The van der Waals surface area contributed by atoms with E-state index in [1.54, 1.807) is 18.2 Å². The molecule has 1 aliphatic rings. The minimum atomic E-state index is -0.590. The van der Waals surface area contributed by atoms with E-state index in [1.165, 1.54) is 18.2 Å². The van der Waals surface area contributed by atoms with Crippen LogP contribution in [-0.2, 0) is 4.79 Å². The van der Waals surface area contributed by atoms with Crippen molar-refractivity contribution in [2.45, 2.75) is 6.42 Å². The van der Waals surface area contributed by atoms with E-state index in [1.807, 2.05) is 0 Å². The van der Waals surface area contributed by atoms with Gasteiger partial charge < -0.3 is 20.1 Å². The first-order chi connectivity index (χ1) is 13.0. The molecule has 2 amide bonds. The molecule has 0 radical (unpaired) electrons. The highest BCUT2D eigenvalue weighted by molar-refractivity contribution is 5.99. The number of nitro benzene ring substituents is 1. The van der Waals surface area contributed by atoms with Crippen molar-refractivity contribution >= 4 is 23.2 Å². The van der Waals surface area contributed by atoms with Crippen LogP contribution in [0.1, 0.15) is 16.8 Å². The van der Waals surface area contributed by atoms with Crippen LogP contribution in [0.25, 0.3) is 0 Å². The largest absolute Gasteiger partial charge is 0.490 e. The lowest BCUT2D eigenvalue weighted by Gasteiger charge is -2.11. The molecule has 9 nitrogen and oxygen atoms in total. The average molecular weight is 371 g/mol. The molecule has 0 aliphatic carbocycles. The molecule has 2 aromatic carbocycles. The molecule has 140 valence electrons. The van der Waals surface area contributed by atoms with Crippen molar-refractivity contribution in [1.29, 1.82) is 0 Å². The van der Waals surface area contributed by atoms with Gasteiger partial charge in [-0.15, -0.1) is 0 Å². The Labute approximate surface area is 154 Å². The van der Waals surface area contributed by atoms with Crippen LogP contribution in [-0.4, -0.2) is 36.5 Å². The van der Waals surface area contributed by atoms with Gasteiger partial charge in [-0.1, -0.05) is 6.07 Å². The third-order valence-electron chi connectivity index (χ3n) is 3.76. The van der Waals surface area contributed by atoms with Crippen LogP contribution in [0.4, 0.5) is 11.4 Å². The number of carbonyl (C=O) groups is 2. The zero-order valence-electron chi connectivity index (χ0n) is 14.3. The predicted octanol–water partition coefficient (Wildman–Crippen LogP) is 2.12. The number of anilines is 1. The Balaban J connectivity index is 1.57. The van der Waals surface area contributed by atoms with Crippen molar-refractivity contribution in [2.24, 2.45) is 0 Å². The van der Waals surface area contributed by atoms with Crippen LogP contribution in [0.2, 0.25) is 0 Å². The fraction of sp³-hybridized carbons (Fsp3) is 0.222. The van der Waals surface area contributed by atoms with Gasteiger partial charge in [0, 0.05) is 35.9 Å². The number of nitro groups is 1. The van der Waals surface area contributed by atoms with Gasteiger partial charge in [0.05, 0.1) is 24.7 Å². The molecule has 0 bridgehead atoms. The minimum Gasteiger partial charge on any atom is -0.490 e. The normalized spacial score (nSPS) is 12.6. The van der Waals surface area contributed by atoms with Crippen LogP contribution in [0.15, 0.2) is 42.5 Å². The Bertz CT molecular complexity index is 883. The van der Waals surface area contributed by atoms with Crippen LogP contribution in [0, 0.1) is 10.1 Å². The average Bonchev–Trinajstić information content (AvgIpc) is 2.91. The second kappa shape index (κ2) is 8.17. The summed E-state index contributed by atoms with van der Waals surface area (Å²) in [5.41, 5.74) is 0.417. The van der Waals surface area contributed by atoms with Gasteiger partial charge in [-0.3, -0.25) is 19.7 Å². The number of benzene rings is 2. The van der Waals surface area contributed by atoms with Gasteiger partial charge in [0.1, 0.15) is 0 Å². The van der Waals surface area contributed by atoms with E-state index < -0.39 is 16.7 Å². The van der Waals surface area contributed by atoms with Gasteiger partial charge in [-0.25, -0.2) is 0 Å². The summed E-state index contributed by atoms with van der Waals surface area (Å²) in [5, 5.41) is 15.8. The lowest BCUT2D eigenvalue weighted by atomic mass is 10.2. The molecule has 27 heavy (non-hydrogen) atoms. The number of rotatable bonds is 5. The zero-order chi connectivity index (χ0) is 19.2. The van der Waals surface area contributed by atoms with E-state index >= 15 is 0 Å². The Kier molecular flexibility index (Phi) is 5.50. The summed E-state index contributed by atoms with van der Waals surface area (Å²) in [6.07, 6.45) is 0.778. The summed E-state index contributed by atoms with van der Waals surface area (Å²) in [6, 6.07) is 10.3. The molecular formula is C18H17N3O6. The number of hydrogen-bond donors (Lipinski definition) is 2. The molecule has 0 unspecified atom stereocenters. The van der Waals surface area contributed by atoms with Crippen molar-refractivity contribution in [3.63, 3.8) is 0 Å². The molecule has 1 heterocycles. The Morgan fingerprint density at radius 2 is 1.85 bits per heavy atom. The van der Waals surface area contributed by atoms with Crippen LogP contribution >= 0.6 is 0 Å². The molecule has 0 saturated heterocycles. The first-order valence-electron chi connectivity index (χ1n) is 8.25. The highest BCUT2D eigenvalue weighted by atomic mass is 16.6. The summed E-state index contributed by atoms with van der Waals surface area (Å²) in [5.74, 6) is 0.145. The van der Waals surface area contributed by atoms with Crippen molar-refractivity contribution in [3.8, 4) is 11.5 Å². The molecule has 0 atom stereocenters. The number of ether oxygens (including phenoxy) is 2. The van der Waals surface area contributed by atoms with Gasteiger partial charge in [0.2, 0.25) is 5.91 Å². The van der Waals surface area contributed by atoms with Crippen LogP contribution in [0.5, 0.6) is 11.5 Å². The monoisotopic (exact) mass is 371 g/mol. The van der Waals surface area contributed by atoms with Crippen molar-refractivity contribution in [1.82, 2.24) is 5.32 Å². The molecule has 0 saturated carbocycles. The number of non-ortho nitro benzene ring substituents is 1. The van der Waals surface area contributed by atoms with Gasteiger partial charge in [-0.05, 0) is 18.2 Å². The highest BCUT2D eigenvalue weighted by Crippen LogP contribution is 2.32. The Morgan fingerprint density at radius 3 is 2.63 bits per heavy atom. The van der Waals surface area contributed by atoms with Gasteiger partial charge in [0.15, 0.2) is 11.5 Å². The fourth-order valence-corrected chi connectivity index (χ4v) is 2.47. The van der Waals surface area contributed by atoms with E-state index in [0.29, 0.717) is 30.4 Å². The first-order valence-corrected chi connectivity index (χ1v) is 8.25. The zero-order valence-corrected chi connectivity index (χ0v) is 14.3. The Hall–Kier alpha value is -3.62. The van der Waals surface area contributed by atoms with E-state index in [2.05, 4.69) is 10.6 Å². The lowest BCUT2D eigenvalue weighted by molar-refractivity contribution is -0.384. The molecular weight excluding hydrogens is 354 g/mol. The number of hydrogen-bond acceptors (Lipinski definition) is 6. The number of nitrogens with one attached hydrogen (secondary N) is 2. The molecule has 0 fully saturated rings. The van der Waals surface area contributed by atoms with Crippen molar-refractivity contribution < 1.29 is 24.0 Å². The SMILES string of the molecule is O=C(CNC(=O)c1cccc([N+](=O)[O-])c1)Nc1ccc2c(c1)OCCCO2. The second-order valence-electron chi connectivity index (χ2n) is 5.75. The maximum absolute atomic E-state index is 12.1. The van der Waals surface area contributed by atoms with E-state index in [-0.39, 0.29) is 17.8 Å². The molecule has 9 heteroatoms. The van der Waals surface area contributed by atoms with E-state index in [9.17, 15) is 19.7 Å². The standard InChI is InChI=1S/C18H17N3O6/c22-17(11-19-18(23)12-3-1-4-14(9-12)21(24)25)20-13-5-6-15-16(10-13)27-8-2-7-26-15/h1,3-6,9-10H,2,7-8,11H2,(H,19,23)(H,20,22). The van der Waals surface area contributed by atoms with Gasteiger partial charge >= 0.3 is 0 Å². The lowest BCUT2D eigenvalue weighted by Crippen LogP contribution is -2.32. The second-order valence-corrected chi connectivity index (χ2v) is 5.75. The van der Waals surface area contributed by atoms with Crippen molar-refractivity contribution in [2.75, 3.05) is 25.1 Å². The number of amides is 2. The number of nitrogens with zero attached hydrogens (tertiary/aromatic N) is 1. The van der Waals surface area contributed by atoms with Crippen molar-refractivity contribution in [3.05, 3.63) is 58.1 Å². The maximum atomic E-state index is 12.1. The fourth-order valence-electron chi connectivity index (χ4n) is 2.47. The molecule has 2 N–H and O–H groups in total. The molecule has 0 aromatic heterocycles. The topological polar surface area (TPSA) is 120 Å². The molecule has 1 aliphatic heterocycles. The Morgan fingerprint density at radius 1 is 1.07 bits per heavy atom. The summed E-state index contributed by atoms with van der Waals surface area (Å²) in [6.45, 7) is 0.821. The van der Waals surface area contributed by atoms with Crippen LogP contribution < -0.4 is 20.1 Å². The smallest absolute Gasteiger partial charge is 0.270 e. The third kappa shape index (κ3) is 4.72. The van der Waals surface area contributed by atoms with Gasteiger partial charge in [0.25, 0.3) is 11.6 Å². The van der Waals surface area contributed by atoms with E-state index in [0.717, 1.165) is 12.5 Å². The summed E-state index contributed by atoms with van der Waals surface area (Å²) < 4.78 is 11.1. The number of carbonyl (C=O) groups excluding carboxylic acids is 2. The summed E-state index contributed by atoms with van der Waals surface area (Å²) >= 11 is 0. The third-order valence-corrected chi connectivity index (χ3v) is 3.76. The predicted molar refractivity (Wildman–Crippen MR) is 96.1 cm³/mol. The van der Waals surface area contributed by atoms with E-state index in [4.69, 9.17) is 9.47 Å². The quantitative estimate of drug-likeness (QED) is 0.614.